The fraction of sp³-hybridized carbons (Fsp3) is 0.188. The first-order valence-corrected chi connectivity index (χ1v) is 6.31. The average Bonchev–Trinajstić information content (AvgIpc) is 2.62. The van der Waals surface area contributed by atoms with E-state index in [2.05, 4.69) is 0 Å². The van der Waals surface area contributed by atoms with Crippen molar-refractivity contribution in [3.8, 4) is 5.75 Å². The molecule has 0 spiro atoms. The number of benzene rings is 2. The summed E-state index contributed by atoms with van der Waals surface area (Å²) in [6.45, 7) is 0.454. The molecule has 1 heterocycles. The lowest BCUT2D eigenvalue weighted by atomic mass is 9.96. The molecule has 1 unspecified atom stereocenters. The first kappa shape index (κ1) is 12.7. The Bertz CT molecular complexity index is 663. The number of aromatic carboxylic acids is 1. The maximum absolute atomic E-state index is 11.1. The monoisotopic (exact) mass is 270 g/mol. The Labute approximate surface area is 116 Å². The molecule has 20 heavy (non-hydrogen) atoms. The van der Waals surface area contributed by atoms with Gasteiger partial charge in [0, 0.05) is 12.7 Å². The van der Waals surface area contributed by atoms with Crippen LogP contribution in [-0.2, 0) is 11.3 Å². The third-order valence-electron chi connectivity index (χ3n) is 3.50. The Kier molecular flexibility index (Phi) is 3.16. The zero-order valence-electron chi connectivity index (χ0n) is 11.0. The minimum Gasteiger partial charge on any atom is -0.488 e. The predicted octanol–water partition coefficient (Wildman–Crippen LogP) is 3.01. The number of hydrogen-bond donors (Lipinski definition) is 1. The Morgan fingerprint density at radius 2 is 2.05 bits per heavy atom. The Morgan fingerprint density at radius 3 is 2.80 bits per heavy atom. The molecule has 1 N–H and O–H groups in total. The number of fused-ring (bicyclic) bond motifs is 2. The molecule has 1 aliphatic rings. The van der Waals surface area contributed by atoms with Crippen molar-refractivity contribution in [2.75, 3.05) is 7.11 Å². The maximum Gasteiger partial charge on any atom is 0.335 e. The number of ether oxygens (including phenoxy) is 2. The van der Waals surface area contributed by atoms with Gasteiger partial charge in [-0.1, -0.05) is 24.3 Å². The van der Waals surface area contributed by atoms with Crippen LogP contribution >= 0.6 is 0 Å². The SMILES string of the molecule is COC1c2ccccc2COc2ccc(C(=O)O)cc21. The van der Waals surface area contributed by atoms with Gasteiger partial charge in [0.2, 0.25) is 0 Å². The topological polar surface area (TPSA) is 55.8 Å². The molecule has 1 atom stereocenters. The van der Waals surface area contributed by atoms with Gasteiger partial charge in [0.25, 0.3) is 0 Å². The second-order valence-corrected chi connectivity index (χ2v) is 4.66. The van der Waals surface area contributed by atoms with Gasteiger partial charge >= 0.3 is 5.97 Å². The van der Waals surface area contributed by atoms with Gasteiger partial charge in [0.1, 0.15) is 18.5 Å². The number of carbonyl (C=O) groups is 1. The summed E-state index contributed by atoms with van der Waals surface area (Å²) >= 11 is 0. The summed E-state index contributed by atoms with van der Waals surface area (Å²) in [7, 11) is 1.62. The molecule has 102 valence electrons. The van der Waals surface area contributed by atoms with Crippen LogP contribution in [0.3, 0.4) is 0 Å². The predicted molar refractivity (Wildman–Crippen MR) is 73.0 cm³/mol. The van der Waals surface area contributed by atoms with E-state index in [4.69, 9.17) is 14.6 Å². The quantitative estimate of drug-likeness (QED) is 0.911. The fourth-order valence-electron chi connectivity index (χ4n) is 2.52. The minimum absolute atomic E-state index is 0.230. The molecule has 0 bridgehead atoms. The van der Waals surface area contributed by atoms with E-state index in [9.17, 15) is 4.79 Å². The summed E-state index contributed by atoms with van der Waals surface area (Å²) in [5.74, 6) is -0.293. The van der Waals surface area contributed by atoms with E-state index in [0.717, 1.165) is 16.7 Å². The van der Waals surface area contributed by atoms with E-state index in [-0.39, 0.29) is 11.7 Å². The van der Waals surface area contributed by atoms with Crippen molar-refractivity contribution in [2.24, 2.45) is 0 Å². The van der Waals surface area contributed by atoms with Crippen molar-refractivity contribution < 1.29 is 19.4 Å². The zero-order valence-corrected chi connectivity index (χ0v) is 11.0. The van der Waals surface area contributed by atoms with Crippen LogP contribution in [0.15, 0.2) is 42.5 Å². The first-order valence-electron chi connectivity index (χ1n) is 6.31. The molecular weight excluding hydrogens is 256 g/mol. The number of carboxylic acid groups (broad SMARTS) is 1. The molecule has 0 saturated heterocycles. The van der Waals surface area contributed by atoms with E-state index >= 15 is 0 Å². The molecule has 0 saturated carbocycles. The number of carboxylic acids is 1. The molecule has 0 amide bonds. The number of methoxy groups -OCH3 is 1. The smallest absolute Gasteiger partial charge is 0.335 e. The van der Waals surface area contributed by atoms with Crippen molar-refractivity contribution in [1.29, 1.82) is 0 Å². The van der Waals surface area contributed by atoms with Crippen molar-refractivity contribution in [2.45, 2.75) is 12.7 Å². The third kappa shape index (κ3) is 2.04. The highest BCUT2D eigenvalue weighted by molar-refractivity contribution is 5.88. The van der Waals surface area contributed by atoms with Crippen molar-refractivity contribution in [3.05, 3.63) is 64.7 Å². The van der Waals surface area contributed by atoms with E-state index in [1.807, 2.05) is 24.3 Å². The van der Waals surface area contributed by atoms with Crippen LogP contribution in [0.25, 0.3) is 0 Å². The Hall–Kier alpha value is -2.33. The molecule has 0 radical (unpaired) electrons. The summed E-state index contributed by atoms with van der Waals surface area (Å²) in [6, 6.07) is 12.7. The molecule has 0 aliphatic carbocycles. The third-order valence-corrected chi connectivity index (χ3v) is 3.50. The normalized spacial score (nSPS) is 16.6. The molecule has 4 heteroatoms. The molecule has 4 nitrogen and oxygen atoms in total. The molecule has 1 aliphatic heterocycles. The van der Waals surface area contributed by atoms with Crippen LogP contribution in [0.4, 0.5) is 0 Å². The van der Waals surface area contributed by atoms with Gasteiger partial charge in [-0.25, -0.2) is 4.79 Å². The minimum atomic E-state index is -0.958. The van der Waals surface area contributed by atoms with Crippen LogP contribution in [0.2, 0.25) is 0 Å². The summed E-state index contributed by atoms with van der Waals surface area (Å²) in [4.78, 5) is 11.1. The van der Waals surface area contributed by atoms with Crippen LogP contribution in [-0.4, -0.2) is 18.2 Å². The number of rotatable bonds is 2. The Balaban J connectivity index is 2.18. The molecule has 0 aromatic heterocycles. The molecule has 2 aromatic carbocycles. The molecule has 3 rings (SSSR count). The highest BCUT2D eigenvalue weighted by atomic mass is 16.5. The van der Waals surface area contributed by atoms with Gasteiger partial charge in [-0.2, -0.15) is 0 Å². The van der Waals surface area contributed by atoms with Gasteiger partial charge in [-0.05, 0) is 29.3 Å². The number of hydrogen-bond acceptors (Lipinski definition) is 3. The van der Waals surface area contributed by atoms with Gasteiger partial charge in [0.05, 0.1) is 5.56 Å². The second-order valence-electron chi connectivity index (χ2n) is 4.66. The van der Waals surface area contributed by atoms with E-state index < -0.39 is 5.97 Å². The maximum atomic E-state index is 11.1. The van der Waals surface area contributed by atoms with Crippen molar-refractivity contribution in [1.82, 2.24) is 0 Å². The highest BCUT2D eigenvalue weighted by Gasteiger charge is 2.25. The van der Waals surface area contributed by atoms with Gasteiger partial charge in [-0.15, -0.1) is 0 Å². The Morgan fingerprint density at radius 1 is 1.25 bits per heavy atom. The van der Waals surface area contributed by atoms with E-state index in [1.165, 1.54) is 0 Å². The van der Waals surface area contributed by atoms with Gasteiger partial charge < -0.3 is 14.6 Å². The van der Waals surface area contributed by atoms with Gasteiger partial charge in [0.15, 0.2) is 0 Å². The van der Waals surface area contributed by atoms with E-state index in [1.54, 1.807) is 25.3 Å². The van der Waals surface area contributed by atoms with Crippen LogP contribution in [0.1, 0.15) is 33.2 Å². The first-order chi connectivity index (χ1) is 9.70. The van der Waals surface area contributed by atoms with Crippen molar-refractivity contribution in [3.63, 3.8) is 0 Å². The summed E-state index contributed by atoms with van der Waals surface area (Å²) in [5, 5.41) is 9.13. The average molecular weight is 270 g/mol. The zero-order chi connectivity index (χ0) is 14.1. The lowest BCUT2D eigenvalue weighted by Gasteiger charge is -2.17. The summed E-state index contributed by atoms with van der Waals surface area (Å²) in [5.41, 5.74) is 3.04. The summed E-state index contributed by atoms with van der Waals surface area (Å²) < 4.78 is 11.4. The lowest BCUT2D eigenvalue weighted by molar-refractivity contribution is 0.0696. The lowest BCUT2D eigenvalue weighted by Crippen LogP contribution is -2.06. The molecular formula is C16H14O4. The standard InChI is InChI=1S/C16H14O4/c1-19-15-12-5-3-2-4-11(12)9-20-14-7-6-10(16(17)18)8-13(14)15/h2-8,15H,9H2,1H3,(H,17,18). The summed E-state index contributed by atoms with van der Waals surface area (Å²) in [6.07, 6.45) is -0.317. The van der Waals surface area contributed by atoms with E-state index in [0.29, 0.717) is 12.4 Å². The largest absolute Gasteiger partial charge is 0.488 e. The van der Waals surface area contributed by atoms with Crippen LogP contribution < -0.4 is 4.74 Å². The van der Waals surface area contributed by atoms with Gasteiger partial charge in [-0.3, -0.25) is 0 Å². The van der Waals surface area contributed by atoms with Crippen LogP contribution in [0, 0.1) is 0 Å². The fourth-order valence-corrected chi connectivity index (χ4v) is 2.52. The second kappa shape index (κ2) is 4.98. The van der Waals surface area contributed by atoms with Crippen LogP contribution in [0.5, 0.6) is 5.75 Å². The molecule has 0 fully saturated rings. The highest BCUT2D eigenvalue weighted by Crippen LogP contribution is 2.38. The molecule has 2 aromatic rings. The van der Waals surface area contributed by atoms with Crippen molar-refractivity contribution >= 4 is 5.97 Å².